The third-order valence-electron chi connectivity index (χ3n) is 5.46. The molecular weight excluding hydrogens is 383 g/mol. The molecule has 30 heavy (non-hydrogen) atoms. The fraction of sp³-hybridized carbons (Fsp3) is 0.429. The van der Waals surface area contributed by atoms with Gasteiger partial charge >= 0.3 is 7.12 Å². The fourth-order valence-corrected chi connectivity index (χ4v) is 3.78. The Kier molecular flexibility index (Phi) is 5.34. The number of rotatable bonds is 4. The first-order valence-electron chi connectivity index (χ1n) is 10.2. The van der Waals surface area contributed by atoms with Crippen LogP contribution in [0.5, 0.6) is 5.75 Å². The average Bonchev–Trinajstić information content (AvgIpc) is 3.12. The summed E-state index contributed by atoms with van der Waals surface area (Å²) in [7, 11) is -0.966. The smallest absolute Gasteiger partial charge is 0.532 e. The summed E-state index contributed by atoms with van der Waals surface area (Å²) in [6, 6.07) is 5.59. The van der Waals surface area contributed by atoms with Crippen LogP contribution < -0.4 is 15.7 Å². The Bertz CT molecular complexity index is 989. The summed E-state index contributed by atoms with van der Waals surface area (Å²) in [4.78, 5) is 12.0. The van der Waals surface area contributed by atoms with E-state index in [1.54, 1.807) is 16.9 Å². The number of carbonyl (C=O) groups is 1. The van der Waals surface area contributed by atoms with Gasteiger partial charge in [0.1, 0.15) is 11.3 Å². The van der Waals surface area contributed by atoms with Gasteiger partial charge in [0.2, 0.25) is 0 Å². The van der Waals surface area contributed by atoms with Gasteiger partial charge in [0.05, 0.1) is 12.6 Å². The summed E-state index contributed by atoms with van der Waals surface area (Å²) in [6.07, 6.45) is 5.53. The summed E-state index contributed by atoms with van der Waals surface area (Å²) in [6.45, 7) is 7.40. The number of ether oxygens (including phenoxy) is 1. The van der Waals surface area contributed by atoms with Crippen LogP contribution in [-0.4, -0.2) is 41.0 Å². The molecule has 0 unspecified atom stereocenters. The first kappa shape index (κ1) is 20.5. The topological polar surface area (TPSA) is 112 Å². The van der Waals surface area contributed by atoms with Crippen molar-refractivity contribution in [3.63, 3.8) is 0 Å². The Morgan fingerprint density at radius 2 is 2.20 bits per heavy atom. The van der Waals surface area contributed by atoms with Gasteiger partial charge in [-0.1, -0.05) is 26.8 Å². The number of carbonyl (C=O) groups excluding carboxylic acids is 1. The van der Waals surface area contributed by atoms with Crippen molar-refractivity contribution in [1.82, 2.24) is 9.78 Å². The SMILES string of the molecule is CC(C)(C)C1=Cc2cc(Nc3nn([C@@H]4CCCOC4)cc3C(N)=O)ccc2OB1O. The molecule has 158 valence electrons. The van der Waals surface area contributed by atoms with Crippen LogP contribution in [0, 0.1) is 5.41 Å². The van der Waals surface area contributed by atoms with E-state index in [0.717, 1.165) is 36.2 Å². The van der Waals surface area contributed by atoms with E-state index in [-0.39, 0.29) is 11.5 Å². The van der Waals surface area contributed by atoms with Crippen LogP contribution in [0.15, 0.2) is 29.9 Å². The summed E-state index contributed by atoms with van der Waals surface area (Å²) < 4.78 is 13.0. The fourth-order valence-electron chi connectivity index (χ4n) is 3.78. The molecule has 1 amide bonds. The van der Waals surface area contributed by atoms with Crippen LogP contribution in [-0.2, 0) is 4.74 Å². The van der Waals surface area contributed by atoms with Crippen LogP contribution in [0.3, 0.4) is 0 Å². The number of hydrogen-bond acceptors (Lipinski definition) is 6. The Morgan fingerprint density at radius 3 is 2.87 bits per heavy atom. The van der Waals surface area contributed by atoms with Crippen molar-refractivity contribution in [2.24, 2.45) is 11.1 Å². The first-order valence-corrected chi connectivity index (χ1v) is 10.2. The van der Waals surface area contributed by atoms with Crippen molar-refractivity contribution >= 4 is 30.6 Å². The van der Waals surface area contributed by atoms with E-state index in [9.17, 15) is 9.82 Å². The number of amides is 1. The number of anilines is 2. The molecule has 1 atom stereocenters. The van der Waals surface area contributed by atoms with Gasteiger partial charge in [0, 0.05) is 24.1 Å². The van der Waals surface area contributed by atoms with Gasteiger partial charge in [0.15, 0.2) is 5.82 Å². The van der Waals surface area contributed by atoms with Crippen molar-refractivity contribution in [2.45, 2.75) is 39.7 Å². The number of hydrogen-bond donors (Lipinski definition) is 3. The average molecular weight is 410 g/mol. The van der Waals surface area contributed by atoms with E-state index in [4.69, 9.17) is 15.1 Å². The molecule has 9 heteroatoms. The molecule has 0 spiro atoms. The van der Waals surface area contributed by atoms with Crippen molar-refractivity contribution in [3.8, 4) is 5.75 Å². The molecule has 2 aromatic rings. The first-order chi connectivity index (χ1) is 14.2. The lowest BCUT2D eigenvalue weighted by atomic mass is 9.63. The monoisotopic (exact) mass is 410 g/mol. The lowest BCUT2D eigenvalue weighted by Crippen LogP contribution is -2.34. The molecule has 4 rings (SSSR count). The van der Waals surface area contributed by atoms with Gasteiger partial charge in [-0.15, -0.1) is 0 Å². The maximum absolute atomic E-state index is 12.0. The quantitative estimate of drug-likeness (QED) is 0.669. The van der Waals surface area contributed by atoms with E-state index >= 15 is 0 Å². The third-order valence-corrected chi connectivity index (χ3v) is 5.46. The van der Waals surface area contributed by atoms with Gasteiger partial charge in [-0.2, -0.15) is 5.10 Å². The molecule has 0 aliphatic carbocycles. The maximum atomic E-state index is 12.0. The highest BCUT2D eigenvalue weighted by atomic mass is 16.5. The summed E-state index contributed by atoms with van der Waals surface area (Å²) in [5.74, 6) is 0.464. The van der Waals surface area contributed by atoms with Crippen LogP contribution >= 0.6 is 0 Å². The van der Waals surface area contributed by atoms with Gasteiger partial charge < -0.3 is 25.5 Å². The molecular formula is C21H27BN4O4. The zero-order chi connectivity index (χ0) is 21.5. The summed E-state index contributed by atoms with van der Waals surface area (Å²) >= 11 is 0. The van der Waals surface area contributed by atoms with Gasteiger partial charge in [-0.3, -0.25) is 9.48 Å². The largest absolute Gasteiger partial charge is 0.556 e. The second kappa shape index (κ2) is 7.81. The van der Waals surface area contributed by atoms with Crippen LogP contribution in [0.1, 0.15) is 55.6 Å². The molecule has 0 bridgehead atoms. The Labute approximate surface area is 176 Å². The number of aromatic nitrogens is 2. The van der Waals surface area contributed by atoms with Crippen molar-refractivity contribution < 1.29 is 19.2 Å². The van der Waals surface area contributed by atoms with E-state index in [1.807, 2.05) is 39.0 Å². The highest BCUT2D eigenvalue weighted by molar-refractivity contribution is 6.55. The van der Waals surface area contributed by atoms with Gasteiger partial charge in [-0.25, -0.2) is 0 Å². The van der Waals surface area contributed by atoms with Crippen molar-refractivity contribution in [3.05, 3.63) is 41.0 Å². The van der Waals surface area contributed by atoms with E-state index in [2.05, 4.69) is 10.4 Å². The molecule has 8 nitrogen and oxygen atoms in total. The molecule has 3 heterocycles. The van der Waals surface area contributed by atoms with Crippen LogP contribution in [0.2, 0.25) is 0 Å². The Balaban J connectivity index is 1.64. The second-order valence-corrected chi connectivity index (χ2v) is 8.80. The van der Waals surface area contributed by atoms with E-state index in [0.29, 0.717) is 23.7 Å². The molecule has 0 saturated carbocycles. The van der Waals surface area contributed by atoms with Crippen molar-refractivity contribution in [1.29, 1.82) is 0 Å². The van der Waals surface area contributed by atoms with Gasteiger partial charge in [0.25, 0.3) is 5.91 Å². The normalized spacial score (nSPS) is 19.0. The highest BCUT2D eigenvalue weighted by Crippen LogP contribution is 2.37. The molecule has 1 aromatic heterocycles. The molecule has 1 aromatic carbocycles. The summed E-state index contributed by atoms with van der Waals surface area (Å²) in [5.41, 5.74) is 8.06. The lowest BCUT2D eigenvalue weighted by Gasteiger charge is -2.29. The van der Waals surface area contributed by atoms with E-state index < -0.39 is 13.0 Å². The van der Waals surface area contributed by atoms with Gasteiger partial charge in [-0.05, 0) is 41.9 Å². The maximum Gasteiger partial charge on any atom is 0.556 e. The molecule has 2 aliphatic heterocycles. The van der Waals surface area contributed by atoms with Crippen LogP contribution in [0.4, 0.5) is 11.5 Å². The number of allylic oxidation sites excluding steroid dienone is 1. The Hall–Kier alpha value is -2.78. The predicted molar refractivity (Wildman–Crippen MR) is 116 cm³/mol. The molecule has 2 aliphatic rings. The summed E-state index contributed by atoms with van der Waals surface area (Å²) in [5, 5.41) is 18.1. The second-order valence-electron chi connectivity index (χ2n) is 8.80. The number of fused-ring (bicyclic) bond motifs is 1. The molecule has 1 saturated heterocycles. The number of primary amides is 1. The minimum absolute atomic E-state index is 0.0862. The lowest BCUT2D eigenvalue weighted by molar-refractivity contribution is 0.0550. The van der Waals surface area contributed by atoms with E-state index in [1.165, 1.54) is 0 Å². The minimum atomic E-state index is -0.966. The highest BCUT2D eigenvalue weighted by Gasteiger charge is 2.35. The standard InChI is InChI=1S/C21H27BN4O4/c1-21(2,3)18-10-13-9-14(6-7-17(13)30-22(18)28)24-20-16(19(23)27)11-26(25-20)15-5-4-8-29-12-15/h6-7,9-11,15,28H,4-5,8,12H2,1-3H3,(H2,23,27)(H,24,25)/t15-/m1/s1. The van der Waals surface area contributed by atoms with Crippen molar-refractivity contribution in [2.75, 3.05) is 18.5 Å². The third kappa shape index (κ3) is 4.08. The number of nitrogens with two attached hydrogens (primary N) is 1. The number of nitrogens with zero attached hydrogens (tertiary/aromatic N) is 2. The Morgan fingerprint density at radius 1 is 1.40 bits per heavy atom. The minimum Gasteiger partial charge on any atom is -0.532 e. The molecule has 1 fully saturated rings. The number of benzene rings is 1. The predicted octanol–water partition coefficient (Wildman–Crippen LogP) is 2.92. The zero-order valence-corrected chi connectivity index (χ0v) is 17.5. The number of nitrogens with one attached hydrogen (secondary N) is 1. The van der Waals surface area contributed by atoms with Crippen LogP contribution in [0.25, 0.3) is 6.08 Å². The molecule has 4 N–H and O–H groups in total. The molecule has 0 radical (unpaired) electrons. The zero-order valence-electron chi connectivity index (χ0n) is 17.5.